The Morgan fingerprint density at radius 2 is 2.12 bits per heavy atom. The number of Topliss-reactive ketones (excluding diaryl/α,β-unsaturated/α-hetero) is 1. The lowest BCUT2D eigenvalue weighted by Crippen LogP contribution is -1.98. The smallest absolute Gasteiger partial charge is 0.135 e. The Balaban J connectivity index is 2.51. The second-order valence-corrected chi connectivity index (χ2v) is 2.91. The summed E-state index contributed by atoms with van der Waals surface area (Å²) in [7, 11) is 0. The monoisotopic (exact) mass is 112 g/mol. The molecule has 1 nitrogen and oxygen atoms in total. The van der Waals surface area contributed by atoms with Crippen LogP contribution in [-0.2, 0) is 4.79 Å². The van der Waals surface area contributed by atoms with E-state index in [-0.39, 0.29) is 0 Å². The summed E-state index contributed by atoms with van der Waals surface area (Å²) in [5, 5.41) is 0. The highest BCUT2D eigenvalue weighted by Gasteiger charge is 2.25. The van der Waals surface area contributed by atoms with Crippen LogP contribution in [0.25, 0.3) is 0 Å². The van der Waals surface area contributed by atoms with Crippen LogP contribution in [0, 0.1) is 11.8 Å². The molecule has 0 spiro atoms. The van der Waals surface area contributed by atoms with Crippen molar-refractivity contribution >= 4 is 5.78 Å². The standard InChI is InChI=1S/C7H12O/c1-5-3-6(2)7(8)4-5/h5-6H,3-4H2,1-2H3. The quantitative estimate of drug-likeness (QED) is 0.465. The lowest BCUT2D eigenvalue weighted by atomic mass is 10.1. The molecule has 1 aliphatic rings. The minimum absolute atomic E-state index is 0.352. The Bertz CT molecular complexity index is 107. The van der Waals surface area contributed by atoms with Gasteiger partial charge in [0.05, 0.1) is 0 Å². The van der Waals surface area contributed by atoms with E-state index in [2.05, 4.69) is 6.92 Å². The number of carbonyl (C=O) groups is 1. The van der Waals surface area contributed by atoms with Gasteiger partial charge in [0.2, 0.25) is 0 Å². The van der Waals surface area contributed by atoms with E-state index >= 15 is 0 Å². The summed E-state index contributed by atoms with van der Waals surface area (Å²) in [6.45, 7) is 4.16. The first-order valence-electron chi connectivity index (χ1n) is 3.23. The van der Waals surface area contributed by atoms with Gasteiger partial charge in [0.1, 0.15) is 5.78 Å². The molecule has 0 aliphatic heterocycles. The topological polar surface area (TPSA) is 17.1 Å². The zero-order chi connectivity index (χ0) is 6.15. The number of rotatable bonds is 0. The fourth-order valence-electron chi connectivity index (χ4n) is 1.36. The summed E-state index contributed by atoms with van der Waals surface area (Å²) in [5.74, 6) is 1.46. The van der Waals surface area contributed by atoms with E-state index in [0.29, 0.717) is 17.6 Å². The van der Waals surface area contributed by atoms with E-state index < -0.39 is 0 Å². The summed E-state index contributed by atoms with van der Waals surface area (Å²) < 4.78 is 0. The van der Waals surface area contributed by atoms with E-state index in [1.165, 1.54) is 0 Å². The molecule has 0 saturated heterocycles. The molecular formula is C7H12O. The average Bonchev–Trinajstić information content (AvgIpc) is 1.85. The second-order valence-electron chi connectivity index (χ2n) is 2.91. The Kier molecular flexibility index (Phi) is 1.37. The molecule has 2 atom stereocenters. The van der Waals surface area contributed by atoms with Gasteiger partial charge < -0.3 is 0 Å². The number of hydrogen-bond donors (Lipinski definition) is 0. The average molecular weight is 112 g/mol. The number of hydrogen-bond acceptors (Lipinski definition) is 1. The van der Waals surface area contributed by atoms with Crippen LogP contribution in [0.4, 0.5) is 0 Å². The molecule has 1 fully saturated rings. The molecule has 46 valence electrons. The van der Waals surface area contributed by atoms with Crippen molar-refractivity contribution in [3.05, 3.63) is 0 Å². The van der Waals surface area contributed by atoms with E-state index in [0.717, 1.165) is 12.8 Å². The lowest BCUT2D eigenvalue weighted by Gasteiger charge is -1.94. The van der Waals surface area contributed by atoms with Gasteiger partial charge in [-0.2, -0.15) is 0 Å². The third-order valence-electron chi connectivity index (χ3n) is 1.86. The molecule has 1 rings (SSSR count). The van der Waals surface area contributed by atoms with Crippen molar-refractivity contribution in [3.8, 4) is 0 Å². The van der Waals surface area contributed by atoms with Gasteiger partial charge in [-0.25, -0.2) is 0 Å². The van der Waals surface area contributed by atoms with Crippen molar-refractivity contribution in [2.75, 3.05) is 0 Å². The lowest BCUT2D eigenvalue weighted by molar-refractivity contribution is -0.120. The molecule has 1 saturated carbocycles. The maximum Gasteiger partial charge on any atom is 0.135 e. The predicted molar refractivity (Wildman–Crippen MR) is 32.6 cm³/mol. The molecule has 8 heavy (non-hydrogen) atoms. The van der Waals surface area contributed by atoms with Crippen LogP contribution < -0.4 is 0 Å². The molecule has 0 amide bonds. The molecule has 0 N–H and O–H groups in total. The minimum atomic E-state index is 0.352. The van der Waals surface area contributed by atoms with Gasteiger partial charge >= 0.3 is 0 Å². The molecule has 1 heteroatoms. The zero-order valence-corrected chi connectivity index (χ0v) is 5.48. The van der Waals surface area contributed by atoms with Gasteiger partial charge in [0, 0.05) is 12.3 Å². The van der Waals surface area contributed by atoms with Gasteiger partial charge in [-0.1, -0.05) is 13.8 Å². The summed E-state index contributed by atoms with van der Waals surface area (Å²) in [5.41, 5.74) is 0. The third kappa shape index (κ3) is 0.908. The highest BCUT2D eigenvalue weighted by atomic mass is 16.1. The second kappa shape index (κ2) is 1.88. The summed E-state index contributed by atoms with van der Waals surface area (Å²) >= 11 is 0. The fraction of sp³-hybridized carbons (Fsp3) is 0.857. The Labute approximate surface area is 50.1 Å². The van der Waals surface area contributed by atoms with Crippen molar-refractivity contribution in [2.45, 2.75) is 26.7 Å². The van der Waals surface area contributed by atoms with Gasteiger partial charge in [-0.15, -0.1) is 0 Å². The molecule has 1 aliphatic carbocycles. The van der Waals surface area contributed by atoms with E-state index in [1.54, 1.807) is 0 Å². The van der Waals surface area contributed by atoms with Gasteiger partial charge in [-0.3, -0.25) is 4.79 Å². The zero-order valence-electron chi connectivity index (χ0n) is 5.48. The molecule has 0 heterocycles. The van der Waals surface area contributed by atoms with E-state index in [1.807, 2.05) is 6.92 Å². The molecule has 0 radical (unpaired) electrons. The first-order chi connectivity index (χ1) is 3.70. The highest BCUT2D eigenvalue weighted by molar-refractivity contribution is 5.82. The number of ketones is 1. The van der Waals surface area contributed by atoms with Gasteiger partial charge in [-0.05, 0) is 12.3 Å². The van der Waals surface area contributed by atoms with Crippen LogP contribution in [-0.4, -0.2) is 5.78 Å². The van der Waals surface area contributed by atoms with Crippen molar-refractivity contribution in [2.24, 2.45) is 11.8 Å². The van der Waals surface area contributed by atoms with Crippen LogP contribution in [0.3, 0.4) is 0 Å². The maximum absolute atomic E-state index is 10.8. The van der Waals surface area contributed by atoms with E-state index in [4.69, 9.17) is 0 Å². The predicted octanol–water partition coefficient (Wildman–Crippen LogP) is 1.62. The maximum atomic E-state index is 10.8. The SMILES string of the molecule is CC1CC(=O)C(C)C1. The molecule has 2 unspecified atom stereocenters. The van der Waals surface area contributed by atoms with Gasteiger partial charge in [0.15, 0.2) is 0 Å². The Morgan fingerprint density at radius 1 is 1.50 bits per heavy atom. The summed E-state index contributed by atoms with van der Waals surface area (Å²) in [4.78, 5) is 10.8. The Morgan fingerprint density at radius 3 is 2.25 bits per heavy atom. The normalized spacial score (nSPS) is 38.5. The van der Waals surface area contributed by atoms with Crippen LogP contribution in [0.2, 0.25) is 0 Å². The highest BCUT2D eigenvalue weighted by Crippen LogP contribution is 2.25. The van der Waals surface area contributed by atoms with Crippen molar-refractivity contribution in [3.63, 3.8) is 0 Å². The van der Waals surface area contributed by atoms with Crippen LogP contribution in [0.15, 0.2) is 0 Å². The van der Waals surface area contributed by atoms with E-state index in [9.17, 15) is 4.79 Å². The van der Waals surface area contributed by atoms with Crippen molar-refractivity contribution < 1.29 is 4.79 Å². The fourth-order valence-corrected chi connectivity index (χ4v) is 1.36. The van der Waals surface area contributed by atoms with Crippen LogP contribution >= 0.6 is 0 Å². The van der Waals surface area contributed by atoms with Crippen LogP contribution in [0.1, 0.15) is 26.7 Å². The molecule has 0 aromatic rings. The van der Waals surface area contributed by atoms with Crippen molar-refractivity contribution in [1.29, 1.82) is 0 Å². The van der Waals surface area contributed by atoms with Gasteiger partial charge in [0.25, 0.3) is 0 Å². The summed E-state index contributed by atoms with van der Waals surface area (Å²) in [6, 6.07) is 0. The molecule has 0 aromatic carbocycles. The first-order valence-corrected chi connectivity index (χ1v) is 3.23. The van der Waals surface area contributed by atoms with Crippen molar-refractivity contribution in [1.82, 2.24) is 0 Å². The molecule has 0 bridgehead atoms. The Hall–Kier alpha value is -0.330. The minimum Gasteiger partial charge on any atom is -0.299 e. The molecule has 0 aromatic heterocycles. The number of carbonyl (C=O) groups excluding carboxylic acids is 1. The first kappa shape index (κ1) is 5.80. The largest absolute Gasteiger partial charge is 0.299 e. The molecular weight excluding hydrogens is 100 g/mol. The van der Waals surface area contributed by atoms with Crippen LogP contribution in [0.5, 0.6) is 0 Å². The third-order valence-corrected chi connectivity index (χ3v) is 1.86. The summed E-state index contributed by atoms with van der Waals surface area (Å²) in [6.07, 6.45) is 1.93.